The van der Waals surface area contributed by atoms with Gasteiger partial charge in [-0.05, 0) is 17.5 Å². The standard InChI is InChI=1S/C16H12N2O3S2/c1-18-11-7-12-13(21-9-20-12)8-14(11)23-16(18)17-15(19)5-4-10-3-2-6-22-10/h2-8H,9H2,1H3/b5-4+,17-16?. The second-order valence-electron chi connectivity index (χ2n) is 4.92. The molecule has 7 heteroatoms. The lowest BCUT2D eigenvalue weighted by Crippen LogP contribution is -2.12. The number of thiazole rings is 1. The van der Waals surface area contributed by atoms with E-state index in [0.29, 0.717) is 4.80 Å². The summed E-state index contributed by atoms with van der Waals surface area (Å²) in [6, 6.07) is 7.74. The van der Waals surface area contributed by atoms with E-state index in [9.17, 15) is 4.79 Å². The first-order valence-corrected chi connectivity index (χ1v) is 8.60. The molecule has 1 amide bonds. The number of ether oxygens (including phenoxy) is 2. The fraction of sp³-hybridized carbons (Fsp3) is 0.125. The number of hydrogen-bond donors (Lipinski definition) is 0. The van der Waals surface area contributed by atoms with Crippen molar-refractivity contribution in [3.05, 3.63) is 45.4 Å². The van der Waals surface area contributed by atoms with Crippen LogP contribution >= 0.6 is 22.7 Å². The van der Waals surface area contributed by atoms with Crippen LogP contribution in [0.2, 0.25) is 0 Å². The average molecular weight is 344 g/mol. The van der Waals surface area contributed by atoms with Crippen molar-refractivity contribution in [2.24, 2.45) is 12.0 Å². The van der Waals surface area contributed by atoms with Crippen molar-refractivity contribution >= 4 is 44.9 Å². The first-order valence-electron chi connectivity index (χ1n) is 6.90. The molecule has 0 atom stereocenters. The molecule has 1 aliphatic heterocycles. The Bertz CT molecular complexity index is 981. The number of carbonyl (C=O) groups excluding carboxylic acids is 1. The summed E-state index contributed by atoms with van der Waals surface area (Å²) in [5.74, 6) is 1.18. The summed E-state index contributed by atoms with van der Waals surface area (Å²) in [5, 5.41) is 1.97. The van der Waals surface area contributed by atoms with Gasteiger partial charge in [-0.2, -0.15) is 4.99 Å². The molecule has 3 heterocycles. The highest BCUT2D eigenvalue weighted by atomic mass is 32.1. The van der Waals surface area contributed by atoms with Crippen LogP contribution in [0.4, 0.5) is 0 Å². The predicted octanol–water partition coefficient (Wildman–Crippen LogP) is 3.17. The number of aryl methyl sites for hydroxylation is 1. The van der Waals surface area contributed by atoms with Crippen LogP contribution in [0.5, 0.6) is 11.5 Å². The van der Waals surface area contributed by atoms with Gasteiger partial charge in [0.1, 0.15) is 0 Å². The highest BCUT2D eigenvalue weighted by Crippen LogP contribution is 2.36. The number of amides is 1. The maximum absolute atomic E-state index is 12.0. The van der Waals surface area contributed by atoms with Gasteiger partial charge < -0.3 is 14.0 Å². The van der Waals surface area contributed by atoms with E-state index < -0.39 is 0 Å². The van der Waals surface area contributed by atoms with Crippen molar-refractivity contribution in [3.63, 3.8) is 0 Å². The first kappa shape index (κ1) is 14.2. The van der Waals surface area contributed by atoms with Crippen LogP contribution < -0.4 is 14.3 Å². The Labute approximate surface area is 139 Å². The minimum Gasteiger partial charge on any atom is -0.454 e. The lowest BCUT2D eigenvalue weighted by Gasteiger charge is -1.97. The van der Waals surface area contributed by atoms with Gasteiger partial charge in [-0.3, -0.25) is 4.79 Å². The van der Waals surface area contributed by atoms with Crippen LogP contribution in [-0.2, 0) is 11.8 Å². The van der Waals surface area contributed by atoms with Crippen molar-refractivity contribution in [1.29, 1.82) is 0 Å². The van der Waals surface area contributed by atoms with E-state index in [2.05, 4.69) is 4.99 Å². The Morgan fingerprint density at radius 2 is 2.17 bits per heavy atom. The lowest BCUT2D eigenvalue weighted by atomic mass is 10.3. The molecule has 0 spiro atoms. The van der Waals surface area contributed by atoms with Crippen molar-refractivity contribution in [1.82, 2.24) is 4.57 Å². The summed E-state index contributed by atoms with van der Waals surface area (Å²) < 4.78 is 13.7. The van der Waals surface area contributed by atoms with E-state index in [4.69, 9.17) is 9.47 Å². The molecule has 23 heavy (non-hydrogen) atoms. The minimum absolute atomic E-state index is 0.250. The largest absolute Gasteiger partial charge is 0.454 e. The Hall–Kier alpha value is -2.38. The Balaban J connectivity index is 1.71. The Morgan fingerprint density at radius 3 is 2.96 bits per heavy atom. The molecule has 0 saturated carbocycles. The van der Waals surface area contributed by atoms with Gasteiger partial charge in [0.15, 0.2) is 16.3 Å². The molecule has 0 N–H and O–H groups in total. The quantitative estimate of drug-likeness (QED) is 0.671. The maximum atomic E-state index is 12.0. The molecule has 1 aromatic carbocycles. The third-order valence-corrected chi connectivity index (χ3v) is 5.38. The molecule has 0 radical (unpaired) electrons. The molecule has 4 rings (SSSR count). The number of nitrogens with zero attached hydrogens (tertiary/aromatic N) is 2. The van der Waals surface area contributed by atoms with E-state index in [1.807, 2.05) is 41.3 Å². The van der Waals surface area contributed by atoms with Gasteiger partial charge in [-0.25, -0.2) is 0 Å². The SMILES string of the molecule is Cn1c(=NC(=O)/C=C/c2cccs2)sc2cc3c(cc21)OCO3. The lowest BCUT2D eigenvalue weighted by molar-refractivity contribution is -0.113. The maximum Gasteiger partial charge on any atom is 0.272 e. The van der Waals surface area contributed by atoms with Gasteiger partial charge in [0.05, 0.1) is 10.2 Å². The van der Waals surface area contributed by atoms with Crippen molar-refractivity contribution in [2.75, 3.05) is 6.79 Å². The highest BCUT2D eigenvalue weighted by Gasteiger charge is 2.16. The number of carbonyl (C=O) groups is 1. The van der Waals surface area contributed by atoms with Gasteiger partial charge in [0, 0.05) is 30.1 Å². The number of fused-ring (bicyclic) bond motifs is 2. The molecule has 0 bridgehead atoms. The summed E-state index contributed by atoms with van der Waals surface area (Å²) in [6.45, 7) is 0.250. The van der Waals surface area contributed by atoms with Crippen LogP contribution in [0.3, 0.4) is 0 Å². The summed E-state index contributed by atoms with van der Waals surface area (Å²) in [6.07, 6.45) is 3.27. The van der Waals surface area contributed by atoms with Gasteiger partial charge in [-0.15, -0.1) is 11.3 Å². The van der Waals surface area contributed by atoms with Crippen LogP contribution in [-0.4, -0.2) is 17.3 Å². The molecular weight excluding hydrogens is 332 g/mol. The molecule has 1 aliphatic rings. The number of rotatable bonds is 2. The zero-order valence-corrected chi connectivity index (χ0v) is 13.8. The van der Waals surface area contributed by atoms with Crippen LogP contribution in [0.25, 0.3) is 16.3 Å². The molecule has 2 aromatic heterocycles. The zero-order chi connectivity index (χ0) is 15.8. The zero-order valence-electron chi connectivity index (χ0n) is 12.2. The second kappa shape index (κ2) is 5.68. The van der Waals surface area contributed by atoms with Crippen LogP contribution in [0.1, 0.15) is 4.88 Å². The predicted molar refractivity (Wildman–Crippen MR) is 90.8 cm³/mol. The molecular formula is C16H12N2O3S2. The van der Waals surface area contributed by atoms with E-state index in [1.165, 1.54) is 17.4 Å². The fourth-order valence-electron chi connectivity index (χ4n) is 2.30. The second-order valence-corrected chi connectivity index (χ2v) is 6.90. The third-order valence-electron chi connectivity index (χ3n) is 3.44. The minimum atomic E-state index is -0.277. The molecule has 0 fully saturated rings. The normalized spacial score (nSPS) is 14.2. The van der Waals surface area contributed by atoms with Crippen LogP contribution in [0, 0.1) is 0 Å². The monoisotopic (exact) mass is 344 g/mol. The average Bonchev–Trinajstić information content (AvgIpc) is 3.26. The van der Waals surface area contributed by atoms with Crippen molar-refractivity contribution in [3.8, 4) is 11.5 Å². The molecule has 0 unspecified atom stereocenters. The van der Waals surface area contributed by atoms with Crippen LogP contribution in [0.15, 0.2) is 40.7 Å². The number of benzene rings is 1. The van der Waals surface area contributed by atoms with E-state index in [1.54, 1.807) is 17.4 Å². The summed E-state index contributed by atoms with van der Waals surface area (Å²) in [5.41, 5.74) is 0.966. The van der Waals surface area contributed by atoms with Crippen molar-refractivity contribution < 1.29 is 14.3 Å². The van der Waals surface area contributed by atoms with Gasteiger partial charge >= 0.3 is 0 Å². The molecule has 0 saturated heterocycles. The smallest absolute Gasteiger partial charge is 0.272 e. The number of aromatic nitrogens is 1. The Kier molecular flexibility index (Phi) is 3.51. The summed E-state index contributed by atoms with van der Waals surface area (Å²) in [7, 11) is 1.89. The van der Waals surface area contributed by atoms with Gasteiger partial charge in [-0.1, -0.05) is 17.4 Å². The van der Waals surface area contributed by atoms with Gasteiger partial charge in [0.25, 0.3) is 5.91 Å². The molecule has 5 nitrogen and oxygen atoms in total. The summed E-state index contributed by atoms with van der Waals surface area (Å²) in [4.78, 5) is 17.9. The Morgan fingerprint density at radius 1 is 1.35 bits per heavy atom. The van der Waals surface area contributed by atoms with E-state index in [-0.39, 0.29) is 12.7 Å². The first-order chi connectivity index (χ1) is 11.2. The molecule has 3 aromatic rings. The number of hydrogen-bond acceptors (Lipinski definition) is 5. The highest BCUT2D eigenvalue weighted by molar-refractivity contribution is 7.16. The fourth-order valence-corrected chi connectivity index (χ4v) is 3.95. The topological polar surface area (TPSA) is 52.8 Å². The summed E-state index contributed by atoms with van der Waals surface area (Å²) >= 11 is 3.03. The third kappa shape index (κ3) is 2.69. The molecule has 0 aliphatic carbocycles. The number of thiophene rings is 1. The van der Waals surface area contributed by atoms with Gasteiger partial charge in [0.2, 0.25) is 6.79 Å². The van der Waals surface area contributed by atoms with E-state index in [0.717, 1.165) is 26.6 Å². The molecule has 116 valence electrons. The van der Waals surface area contributed by atoms with E-state index >= 15 is 0 Å². The van der Waals surface area contributed by atoms with Crippen molar-refractivity contribution in [2.45, 2.75) is 0 Å².